The smallest absolute Gasteiger partial charge is 0.311 e. The van der Waals surface area contributed by atoms with Gasteiger partial charge in [0.2, 0.25) is 11.7 Å². The van der Waals surface area contributed by atoms with E-state index in [1.165, 1.54) is 6.07 Å². The molecule has 2 aromatic rings. The summed E-state index contributed by atoms with van der Waals surface area (Å²) in [5, 5.41) is 13.9. The first-order chi connectivity index (χ1) is 8.97. The van der Waals surface area contributed by atoms with E-state index in [0.717, 1.165) is 0 Å². The SMILES string of the molecule is Cc1ccc([N+](=O)[O-])c(NC(C)c2ncc(C)o2)n1. The van der Waals surface area contributed by atoms with Crippen LogP contribution in [0.3, 0.4) is 0 Å². The molecule has 2 heterocycles. The second kappa shape index (κ2) is 5.05. The fourth-order valence-electron chi connectivity index (χ4n) is 1.64. The molecule has 7 heteroatoms. The Balaban J connectivity index is 2.27. The summed E-state index contributed by atoms with van der Waals surface area (Å²) in [4.78, 5) is 18.7. The first-order valence-electron chi connectivity index (χ1n) is 5.78. The molecule has 2 aromatic heterocycles. The highest BCUT2D eigenvalue weighted by atomic mass is 16.6. The summed E-state index contributed by atoms with van der Waals surface area (Å²) in [5.41, 5.74) is 0.629. The number of hydrogen-bond donors (Lipinski definition) is 1. The van der Waals surface area contributed by atoms with E-state index >= 15 is 0 Å². The highest BCUT2D eigenvalue weighted by molar-refractivity contribution is 5.56. The van der Waals surface area contributed by atoms with Crippen LogP contribution in [0.15, 0.2) is 22.7 Å². The van der Waals surface area contributed by atoms with Gasteiger partial charge in [0.05, 0.1) is 11.1 Å². The van der Waals surface area contributed by atoms with Crippen LogP contribution < -0.4 is 5.32 Å². The Morgan fingerprint density at radius 3 is 2.74 bits per heavy atom. The van der Waals surface area contributed by atoms with Crippen molar-refractivity contribution < 1.29 is 9.34 Å². The third kappa shape index (κ3) is 2.87. The van der Waals surface area contributed by atoms with Gasteiger partial charge in [0.1, 0.15) is 11.8 Å². The second-order valence-corrected chi connectivity index (χ2v) is 4.25. The van der Waals surface area contributed by atoms with Gasteiger partial charge in [0, 0.05) is 11.8 Å². The predicted molar refractivity (Wildman–Crippen MR) is 68.9 cm³/mol. The maximum Gasteiger partial charge on any atom is 0.311 e. The van der Waals surface area contributed by atoms with Gasteiger partial charge in [-0.1, -0.05) is 0 Å². The number of oxazole rings is 1. The lowest BCUT2D eigenvalue weighted by Crippen LogP contribution is -2.10. The minimum absolute atomic E-state index is 0.0688. The standard InChI is InChI=1S/C12H14N4O3/c1-7-4-5-10(16(17)18)11(14-7)15-9(3)12-13-6-8(2)19-12/h4-6,9H,1-3H3,(H,14,15). The lowest BCUT2D eigenvalue weighted by atomic mass is 10.3. The Kier molecular flexibility index (Phi) is 3.46. The Bertz CT molecular complexity index is 609. The van der Waals surface area contributed by atoms with Crippen LogP contribution in [0, 0.1) is 24.0 Å². The van der Waals surface area contributed by atoms with Crippen LogP contribution in [0.5, 0.6) is 0 Å². The number of aryl methyl sites for hydroxylation is 2. The van der Waals surface area contributed by atoms with Crippen LogP contribution in [-0.4, -0.2) is 14.9 Å². The van der Waals surface area contributed by atoms with Crippen molar-refractivity contribution >= 4 is 11.5 Å². The van der Waals surface area contributed by atoms with E-state index in [4.69, 9.17) is 4.42 Å². The minimum atomic E-state index is -0.470. The van der Waals surface area contributed by atoms with Gasteiger partial charge < -0.3 is 9.73 Å². The van der Waals surface area contributed by atoms with E-state index in [2.05, 4.69) is 15.3 Å². The number of pyridine rings is 1. The first kappa shape index (κ1) is 13.0. The molecule has 100 valence electrons. The summed E-state index contributed by atoms with van der Waals surface area (Å²) < 4.78 is 5.38. The number of nitro groups is 1. The molecule has 0 spiro atoms. The van der Waals surface area contributed by atoms with Crippen LogP contribution in [0.25, 0.3) is 0 Å². The fraction of sp³-hybridized carbons (Fsp3) is 0.333. The highest BCUT2D eigenvalue weighted by Gasteiger charge is 2.19. The normalized spacial score (nSPS) is 12.2. The van der Waals surface area contributed by atoms with Crippen molar-refractivity contribution in [2.75, 3.05) is 5.32 Å². The molecular formula is C12H14N4O3. The third-order valence-corrected chi connectivity index (χ3v) is 2.57. The quantitative estimate of drug-likeness (QED) is 0.672. The Hall–Kier alpha value is -2.44. The monoisotopic (exact) mass is 262 g/mol. The summed E-state index contributed by atoms with van der Waals surface area (Å²) >= 11 is 0. The van der Waals surface area contributed by atoms with Crippen LogP contribution >= 0.6 is 0 Å². The molecule has 0 fully saturated rings. The second-order valence-electron chi connectivity index (χ2n) is 4.25. The van der Waals surface area contributed by atoms with Crippen molar-refractivity contribution in [3.63, 3.8) is 0 Å². The van der Waals surface area contributed by atoms with Crippen LogP contribution in [0.1, 0.15) is 30.3 Å². The van der Waals surface area contributed by atoms with E-state index in [0.29, 0.717) is 17.3 Å². The molecule has 0 aromatic carbocycles. The summed E-state index contributed by atoms with van der Waals surface area (Å²) in [6, 6.07) is 2.73. The molecule has 1 N–H and O–H groups in total. The molecule has 0 aliphatic carbocycles. The number of anilines is 1. The Morgan fingerprint density at radius 1 is 1.42 bits per heavy atom. The van der Waals surface area contributed by atoms with Crippen molar-refractivity contribution in [3.8, 4) is 0 Å². The number of hydrogen-bond acceptors (Lipinski definition) is 6. The number of nitrogens with one attached hydrogen (secondary N) is 1. The number of nitrogens with zero attached hydrogens (tertiary/aromatic N) is 3. The minimum Gasteiger partial charge on any atom is -0.444 e. The Morgan fingerprint density at radius 2 is 2.16 bits per heavy atom. The molecule has 0 saturated carbocycles. The van der Waals surface area contributed by atoms with Crippen LogP contribution in [0.2, 0.25) is 0 Å². The fourth-order valence-corrected chi connectivity index (χ4v) is 1.64. The van der Waals surface area contributed by atoms with E-state index in [9.17, 15) is 10.1 Å². The molecule has 0 bridgehead atoms. The Labute approximate surface area is 109 Å². The largest absolute Gasteiger partial charge is 0.444 e. The summed E-state index contributed by atoms with van der Waals surface area (Å²) in [5.74, 6) is 1.37. The van der Waals surface area contributed by atoms with Crippen molar-refractivity contribution in [1.29, 1.82) is 0 Å². The van der Waals surface area contributed by atoms with Gasteiger partial charge in [0.25, 0.3) is 0 Å². The maximum atomic E-state index is 10.9. The molecule has 0 amide bonds. The van der Waals surface area contributed by atoms with E-state index in [1.807, 2.05) is 0 Å². The zero-order chi connectivity index (χ0) is 14.0. The molecule has 19 heavy (non-hydrogen) atoms. The van der Waals surface area contributed by atoms with Crippen molar-refractivity contribution in [1.82, 2.24) is 9.97 Å². The topological polar surface area (TPSA) is 94.1 Å². The number of aromatic nitrogens is 2. The average molecular weight is 262 g/mol. The number of rotatable bonds is 4. The van der Waals surface area contributed by atoms with Crippen LogP contribution in [-0.2, 0) is 0 Å². The van der Waals surface area contributed by atoms with Gasteiger partial charge in [0.15, 0.2) is 0 Å². The lowest BCUT2D eigenvalue weighted by Gasteiger charge is -2.11. The summed E-state index contributed by atoms with van der Waals surface area (Å²) in [6.07, 6.45) is 1.60. The summed E-state index contributed by atoms with van der Waals surface area (Å²) in [7, 11) is 0. The molecule has 0 saturated heterocycles. The van der Waals surface area contributed by atoms with Crippen molar-refractivity contribution in [3.05, 3.63) is 45.8 Å². The maximum absolute atomic E-state index is 10.9. The molecule has 0 aliphatic heterocycles. The zero-order valence-corrected chi connectivity index (χ0v) is 10.9. The third-order valence-electron chi connectivity index (χ3n) is 2.57. The van der Waals surface area contributed by atoms with Gasteiger partial charge in [-0.15, -0.1) is 0 Å². The zero-order valence-electron chi connectivity index (χ0n) is 10.9. The molecule has 1 unspecified atom stereocenters. The van der Waals surface area contributed by atoms with Crippen LogP contribution in [0.4, 0.5) is 11.5 Å². The molecule has 0 radical (unpaired) electrons. The predicted octanol–water partition coefficient (Wildman–Crippen LogP) is 2.77. The first-order valence-corrected chi connectivity index (χ1v) is 5.78. The molecule has 0 aliphatic rings. The van der Waals surface area contributed by atoms with E-state index in [-0.39, 0.29) is 17.5 Å². The molecule has 2 rings (SSSR count). The lowest BCUT2D eigenvalue weighted by molar-refractivity contribution is -0.384. The van der Waals surface area contributed by atoms with Gasteiger partial charge >= 0.3 is 5.69 Å². The van der Waals surface area contributed by atoms with E-state index in [1.54, 1.807) is 33.0 Å². The molecule has 7 nitrogen and oxygen atoms in total. The van der Waals surface area contributed by atoms with Crippen molar-refractivity contribution in [2.24, 2.45) is 0 Å². The van der Waals surface area contributed by atoms with E-state index < -0.39 is 4.92 Å². The average Bonchev–Trinajstić information content (AvgIpc) is 2.75. The molecule has 1 atom stereocenters. The van der Waals surface area contributed by atoms with Gasteiger partial charge in [-0.05, 0) is 26.8 Å². The highest BCUT2D eigenvalue weighted by Crippen LogP contribution is 2.26. The summed E-state index contributed by atoms with van der Waals surface area (Å²) in [6.45, 7) is 5.37. The van der Waals surface area contributed by atoms with Gasteiger partial charge in [-0.2, -0.15) is 0 Å². The van der Waals surface area contributed by atoms with Gasteiger partial charge in [-0.25, -0.2) is 9.97 Å². The van der Waals surface area contributed by atoms with Gasteiger partial charge in [-0.3, -0.25) is 10.1 Å². The van der Waals surface area contributed by atoms with Crippen molar-refractivity contribution in [2.45, 2.75) is 26.8 Å². The molecular weight excluding hydrogens is 248 g/mol.